The predicted molar refractivity (Wildman–Crippen MR) is 210 cm³/mol. The van der Waals surface area contributed by atoms with Gasteiger partial charge < -0.3 is 10.2 Å². The molecule has 0 spiro atoms. The second-order valence-corrected chi connectivity index (χ2v) is 10.8. The van der Waals surface area contributed by atoms with Crippen molar-refractivity contribution in [1.82, 2.24) is 0 Å². The van der Waals surface area contributed by atoms with E-state index in [2.05, 4.69) is 130 Å². The molecule has 0 aromatic heterocycles. The fraction of sp³-hybridized carbons (Fsp3) is 0.432. The van der Waals surface area contributed by atoms with Gasteiger partial charge in [0.1, 0.15) is 0 Å². The number of carboxylic acid groups (broad SMARTS) is 1. The van der Waals surface area contributed by atoms with Gasteiger partial charge in [-0.15, -0.1) is 0 Å². The molecule has 0 aromatic carbocycles. The van der Waals surface area contributed by atoms with Crippen LogP contribution in [0, 0.1) is 0 Å². The van der Waals surface area contributed by atoms with E-state index in [4.69, 9.17) is 5.11 Å². The Bertz CT molecular complexity index is 1040. The molecule has 0 unspecified atom stereocenters. The summed E-state index contributed by atoms with van der Waals surface area (Å²) >= 11 is 0. The Kier molecular flexibility index (Phi) is 40.9. The Balaban J connectivity index is 0. The van der Waals surface area contributed by atoms with Gasteiger partial charge in [-0.25, -0.2) is 0 Å². The van der Waals surface area contributed by atoms with Gasteiger partial charge in [0.25, 0.3) is 0 Å². The molecule has 0 amide bonds. The summed E-state index contributed by atoms with van der Waals surface area (Å²) in [6, 6.07) is 0. The molecule has 0 aliphatic rings. The van der Waals surface area contributed by atoms with Crippen LogP contribution in [0.5, 0.6) is 0 Å². The van der Waals surface area contributed by atoms with Gasteiger partial charge in [0.15, 0.2) is 0 Å². The van der Waals surface area contributed by atoms with Crippen LogP contribution in [0.4, 0.5) is 0 Å². The van der Waals surface area contributed by atoms with Crippen molar-refractivity contribution in [1.29, 1.82) is 0 Å². The molecule has 260 valence electrons. The molecular weight excluding hydrogens is 576 g/mol. The number of aliphatic hydroxyl groups is 1. The van der Waals surface area contributed by atoms with Gasteiger partial charge in [-0.3, -0.25) is 4.79 Å². The molecule has 0 rings (SSSR count). The molecule has 1 atom stereocenters. The minimum absolute atomic E-state index is 0.210. The second kappa shape index (κ2) is 42.3. The number of allylic oxidation sites excluding steroid dienone is 22. The normalized spacial score (nSPS) is 13.9. The fourth-order valence-corrected chi connectivity index (χ4v) is 3.68. The van der Waals surface area contributed by atoms with E-state index < -0.39 is 5.97 Å². The Hall–Kier alpha value is -3.69. The zero-order valence-electron chi connectivity index (χ0n) is 29.8. The SMILES string of the molecule is CC/C=C\C/C=C\C/C=C\C/C=C\C/C=C\C/C=C\CCC(=O)O.CC/C=C\C[C@H](O)/C=C/C=C\C/C=C\C/C=C\C/C=C\CCC. The quantitative estimate of drug-likeness (QED) is 0.0692. The smallest absolute Gasteiger partial charge is 0.303 e. The van der Waals surface area contributed by atoms with E-state index in [1.54, 1.807) is 0 Å². The van der Waals surface area contributed by atoms with Crippen molar-refractivity contribution in [2.75, 3.05) is 0 Å². The molecule has 0 fully saturated rings. The van der Waals surface area contributed by atoms with E-state index in [0.29, 0.717) is 12.8 Å². The maximum atomic E-state index is 10.3. The van der Waals surface area contributed by atoms with Crippen LogP contribution in [0.15, 0.2) is 146 Å². The van der Waals surface area contributed by atoms with Crippen LogP contribution in [0.25, 0.3) is 0 Å². The van der Waals surface area contributed by atoms with Crippen LogP contribution >= 0.6 is 0 Å². The van der Waals surface area contributed by atoms with Crippen molar-refractivity contribution in [3.05, 3.63) is 146 Å². The van der Waals surface area contributed by atoms with Crippen LogP contribution in [0.2, 0.25) is 0 Å². The molecular formula is C44H66O3. The molecule has 0 aliphatic heterocycles. The first-order valence-electron chi connectivity index (χ1n) is 17.8. The minimum Gasteiger partial charge on any atom is -0.481 e. The zero-order chi connectivity index (χ0) is 34.7. The minimum atomic E-state index is -0.741. The number of carboxylic acids is 1. The molecule has 0 aliphatic carbocycles. The highest BCUT2D eigenvalue weighted by Crippen LogP contribution is 2.00. The van der Waals surface area contributed by atoms with Gasteiger partial charge in [0.05, 0.1) is 6.10 Å². The highest BCUT2D eigenvalue weighted by atomic mass is 16.4. The molecule has 0 bridgehead atoms. The van der Waals surface area contributed by atoms with Gasteiger partial charge in [0, 0.05) is 6.42 Å². The molecule has 0 aromatic rings. The van der Waals surface area contributed by atoms with Gasteiger partial charge in [-0.1, -0.05) is 173 Å². The summed E-state index contributed by atoms with van der Waals surface area (Å²) in [6.45, 7) is 6.44. The summed E-state index contributed by atoms with van der Waals surface area (Å²) in [5, 5.41) is 18.2. The van der Waals surface area contributed by atoms with E-state index in [-0.39, 0.29) is 12.5 Å². The first kappa shape index (κ1) is 45.4. The van der Waals surface area contributed by atoms with Gasteiger partial charge in [0.2, 0.25) is 0 Å². The highest BCUT2D eigenvalue weighted by Gasteiger charge is 1.92. The topological polar surface area (TPSA) is 57.5 Å². The summed E-state index contributed by atoms with van der Waals surface area (Å²) in [5.74, 6) is -0.741. The molecule has 2 N–H and O–H groups in total. The first-order chi connectivity index (χ1) is 23.1. The molecule has 3 heteroatoms. The maximum absolute atomic E-state index is 10.3. The van der Waals surface area contributed by atoms with Crippen LogP contribution in [-0.4, -0.2) is 22.3 Å². The number of aliphatic carboxylic acids is 1. The standard InChI is InChI=1S/C22H32O2.C22H34O/c1-2-3-4-5-6-7-8-9-10-11-12-13-14-15-16-17-18-19-20-21-22(23)24;1-3-5-7-8-9-10-11-12-13-14-15-16-17-19-21-22(23)20-18-6-4-2/h3-4,6-7,9-10,12-13,15-16,18-19H,2,5,8,11,14,17,20-21H2,1H3,(H,23,24);6-8,10-11,13-14,16-19,21-23H,3-5,9,12,15,20H2,1-2H3/b4-3-,7-6-,10-9-,13-12-,16-15-,19-18-;8-7-,11-10-,14-13-,17-16-,18-6-,21-19+/t;22-/m.0/s1. The number of hydrogen-bond acceptors (Lipinski definition) is 2. The van der Waals surface area contributed by atoms with Crippen molar-refractivity contribution in [2.24, 2.45) is 0 Å². The third-order valence-corrected chi connectivity index (χ3v) is 6.25. The van der Waals surface area contributed by atoms with Crippen molar-refractivity contribution in [3.8, 4) is 0 Å². The van der Waals surface area contributed by atoms with Crippen LogP contribution in [0.3, 0.4) is 0 Å². The van der Waals surface area contributed by atoms with Gasteiger partial charge in [-0.2, -0.15) is 0 Å². The summed E-state index contributed by atoms with van der Waals surface area (Å²) < 4.78 is 0. The van der Waals surface area contributed by atoms with Crippen LogP contribution in [0.1, 0.15) is 117 Å². The lowest BCUT2D eigenvalue weighted by atomic mass is 10.2. The average Bonchev–Trinajstić information content (AvgIpc) is 3.06. The molecule has 0 heterocycles. The van der Waals surface area contributed by atoms with Gasteiger partial charge >= 0.3 is 5.97 Å². The Labute approximate surface area is 289 Å². The number of hydrogen-bond donors (Lipinski definition) is 2. The summed E-state index contributed by atoms with van der Waals surface area (Å²) in [7, 11) is 0. The lowest BCUT2D eigenvalue weighted by Gasteiger charge is -1.98. The van der Waals surface area contributed by atoms with E-state index in [1.807, 2.05) is 36.5 Å². The van der Waals surface area contributed by atoms with Crippen molar-refractivity contribution in [2.45, 2.75) is 123 Å². The number of aliphatic hydroxyl groups excluding tert-OH is 1. The molecule has 0 saturated carbocycles. The lowest BCUT2D eigenvalue weighted by Crippen LogP contribution is -1.98. The van der Waals surface area contributed by atoms with E-state index >= 15 is 0 Å². The van der Waals surface area contributed by atoms with Gasteiger partial charge in [-0.05, 0) is 83.5 Å². The zero-order valence-corrected chi connectivity index (χ0v) is 29.8. The van der Waals surface area contributed by atoms with Crippen LogP contribution in [-0.2, 0) is 4.79 Å². The number of rotatable bonds is 27. The largest absolute Gasteiger partial charge is 0.481 e. The Morgan fingerprint density at radius 2 is 0.830 bits per heavy atom. The average molecular weight is 643 g/mol. The molecule has 0 radical (unpaired) electrons. The number of unbranched alkanes of at least 4 members (excludes halogenated alkanes) is 1. The van der Waals surface area contributed by atoms with Crippen molar-refractivity contribution >= 4 is 5.97 Å². The first-order valence-corrected chi connectivity index (χ1v) is 17.8. The summed E-state index contributed by atoms with van der Waals surface area (Å²) in [5.41, 5.74) is 0. The van der Waals surface area contributed by atoms with E-state index in [9.17, 15) is 9.90 Å². The van der Waals surface area contributed by atoms with Crippen LogP contribution < -0.4 is 0 Å². The van der Waals surface area contributed by atoms with E-state index in [0.717, 1.165) is 64.2 Å². The third kappa shape index (κ3) is 46.8. The Morgan fingerprint density at radius 3 is 1.23 bits per heavy atom. The fourth-order valence-electron chi connectivity index (χ4n) is 3.68. The molecule has 3 nitrogen and oxygen atoms in total. The maximum Gasteiger partial charge on any atom is 0.303 e. The molecule has 47 heavy (non-hydrogen) atoms. The molecule has 0 saturated heterocycles. The Morgan fingerprint density at radius 1 is 0.468 bits per heavy atom. The highest BCUT2D eigenvalue weighted by molar-refractivity contribution is 5.66. The predicted octanol–water partition coefficient (Wildman–Crippen LogP) is 13.0. The summed E-state index contributed by atoms with van der Waals surface area (Å²) in [6.07, 6.45) is 64.3. The third-order valence-electron chi connectivity index (χ3n) is 6.25. The summed E-state index contributed by atoms with van der Waals surface area (Å²) in [4.78, 5) is 10.3. The lowest BCUT2D eigenvalue weighted by molar-refractivity contribution is -0.136. The van der Waals surface area contributed by atoms with E-state index in [1.165, 1.54) is 12.8 Å². The monoisotopic (exact) mass is 643 g/mol. The van der Waals surface area contributed by atoms with Crippen molar-refractivity contribution in [3.63, 3.8) is 0 Å². The van der Waals surface area contributed by atoms with Crippen molar-refractivity contribution < 1.29 is 15.0 Å². The second-order valence-electron chi connectivity index (χ2n) is 10.8. The number of carbonyl (C=O) groups is 1.